The van der Waals surface area contributed by atoms with Crippen LogP contribution in [0.25, 0.3) is 0 Å². The minimum absolute atomic E-state index is 0.175. The van der Waals surface area contributed by atoms with Gasteiger partial charge in [-0.15, -0.1) is 11.8 Å². The van der Waals surface area contributed by atoms with Gasteiger partial charge in [0, 0.05) is 11.4 Å². The highest BCUT2D eigenvalue weighted by molar-refractivity contribution is 8.00. The monoisotopic (exact) mass is 297 g/mol. The van der Waals surface area contributed by atoms with Gasteiger partial charge in [0.25, 0.3) is 0 Å². The lowest BCUT2D eigenvalue weighted by Crippen LogP contribution is -2.48. The van der Waals surface area contributed by atoms with E-state index in [2.05, 4.69) is 0 Å². The smallest absolute Gasteiger partial charge is 0.326 e. The molecule has 108 valence electrons. The second kappa shape index (κ2) is 6.74. The number of hydrogen-bond donors (Lipinski definition) is 1. The van der Waals surface area contributed by atoms with E-state index in [9.17, 15) is 14.0 Å². The first-order chi connectivity index (χ1) is 9.58. The molecule has 4 nitrogen and oxygen atoms in total. The number of hydrogen-bond acceptors (Lipinski definition) is 3. The number of rotatable bonds is 4. The molecule has 20 heavy (non-hydrogen) atoms. The van der Waals surface area contributed by atoms with Gasteiger partial charge >= 0.3 is 5.97 Å². The van der Waals surface area contributed by atoms with Gasteiger partial charge in [0.2, 0.25) is 5.91 Å². The fourth-order valence-electron chi connectivity index (χ4n) is 2.25. The number of halogens is 1. The molecule has 1 aliphatic heterocycles. The third-order valence-electron chi connectivity index (χ3n) is 3.28. The second-order valence-corrected chi connectivity index (χ2v) is 5.73. The average Bonchev–Trinajstić information content (AvgIpc) is 2.46. The van der Waals surface area contributed by atoms with E-state index < -0.39 is 12.0 Å². The Morgan fingerprint density at radius 1 is 1.30 bits per heavy atom. The van der Waals surface area contributed by atoms with Crippen LogP contribution < -0.4 is 0 Å². The number of nitrogens with zero attached hydrogens (tertiary/aromatic N) is 1. The van der Waals surface area contributed by atoms with E-state index in [1.165, 1.54) is 28.8 Å². The van der Waals surface area contributed by atoms with Crippen LogP contribution in [0.2, 0.25) is 0 Å². The molecule has 0 aromatic heterocycles. The standard InChI is InChI=1S/C14H16FNO3S/c15-10-4-6-11(7-5-10)20-9-13(17)16-8-2-1-3-12(16)14(18)19/h4-7,12H,1-3,8-9H2,(H,18,19)/t12-/m0/s1. The van der Waals surface area contributed by atoms with Crippen LogP contribution in [-0.4, -0.2) is 40.2 Å². The molecular formula is C14H16FNO3S. The fourth-order valence-corrected chi connectivity index (χ4v) is 3.03. The number of carboxylic acid groups (broad SMARTS) is 1. The molecule has 1 aromatic carbocycles. The highest BCUT2D eigenvalue weighted by atomic mass is 32.2. The number of carboxylic acids is 1. The van der Waals surface area contributed by atoms with E-state index in [4.69, 9.17) is 5.11 Å². The van der Waals surface area contributed by atoms with Crippen LogP contribution in [0.3, 0.4) is 0 Å². The van der Waals surface area contributed by atoms with Crippen LogP contribution in [0.5, 0.6) is 0 Å². The maximum Gasteiger partial charge on any atom is 0.326 e. The van der Waals surface area contributed by atoms with Crippen LogP contribution in [0.1, 0.15) is 19.3 Å². The van der Waals surface area contributed by atoms with Crippen molar-refractivity contribution in [2.24, 2.45) is 0 Å². The summed E-state index contributed by atoms with van der Waals surface area (Å²) in [7, 11) is 0. The Balaban J connectivity index is 1.93. The van der Waals surface area contributed by atoms with Crippen molar-refractivity contribution in [1.82, 2.24) is 4.90 Å². The molecule has 0 aliphatic carbocycles. The lowest BCUT2D eigenvalue weighted by atomic mass is 10.0. The highest BCUT2D eigenvalue weighted by Crippen LogP contribution is 2.22. The molecule has 6 heteroatoms. The molecule has 1 heterocycles. The molecule has 0 bridgehead atoms. The number of amides is 1. The zero-order valence-electron chi connectivity index (χ0n) is 10.9. The first kappa shape index (κ1) is 14.8. The van der Waals surface area contributed by atoms with Crippen LogP contribution in [0, 0.1) is 5.82 Å². The van der Waals surface area contributed by atoms with Crippen LogP contribution in [-0.2, 0) is 9.59 Å². The number of benzene rings is 1. The molecule has 1 saturated heterocycles. The SMILES string of the molecule is O=C(O)[C@@H]1CCCCN1C(=O)CSc1ccc(F)cc1. The molecule has 1 amide bonds. The average molecular weight is 297 g/mol. The molecule has 0 unspecified atom stereocenters. The van der Waals surface area contributed by atoms with Crippen molar-refractivity contribution < 1.29 is 19.1 Å². The zero-order valence-corrected chi connectivity index (χ0v) is 11.7. The molecule has 1 N–H and O–H groups in total. The Hall–Kier alpha value is -1.56. The summed E-state index contributed by atoms with van der Waals surface area (Å²) < 4.78 is 12.8. The van der Waals surface area contributed by atoms with Crippen molar-refractivity contribution in [3.63, 3.8) is 0 Å². The summed E-state index contributed by atoms with van der Waals surface area (Å²) in [6.07, 6.45) is 2.20. The molecule has 2 rings (SSSR count). The van der Waals surface area contributed by atoms with Gasteiger partial charge < -0.3 is 10.0 Å². The molecule has 0 saturated carbocycles. The van der Waals surface area contributed by atoms with E-state index in [1.54, 1.807) is 12.1 Å². The minimum atomic E-state index is -0.940. The summed E-state index contributed by atoms with van der Waals surface area (Å²) in [5.41, 5.74) is 0. The van der Waals surface area contributed by atoms with Crippen molar-refractivity contribution in [2.75, 3.05) is 12.3 Å². The molecule has 1 fully saturated rings. The van der Waals surface area contributed by atoms with Gasteiger partial charge in [0.05, 0.1) is 5.75 Å². The summed E-state index contributed by atoms with van der Waals surface area (Å²) in [5, 5.41) is 9.13. The fraction of sp³-hybridized carbons (Fsp3) is 0.429. The predicted octanol–water partition coefficient (Wildman–Crippen LogP) is 2.38. The summed E-state index contributed by atoms with van der Waals surface area (Å²) in [4.78, 5) is 25.5. The molecular weight excluding hydrogens is 281 g/mol. The van der Waals surface area contributed by atoms with Crippen LogP contribution in [0.15, 0.2) is 29.2 Å². The maximum absolute atomic E-state index is 12.8. The highest BCUT2D eigenvalue weighted by Gasteiger charge is 2.31. The Bertz CT molecular complexity index is 492. The van der Waals surface area contributed by atoms with Crippen molar-refractivity contribution in [3.05, 3.63) is 30.1 Å². The lowest BCUT2D eigenvalue weighted by molar-refractivity contribution is -0.150. The van der Waals surface area contributed by atoms with E-state index >= 15 is 0 Å². The molecule has 1 aromatic rings. The summed E-state index contributed by atoms with van der Waals surface area (Å²) >= 11 is 1.29. The van der Waals surface area contributed by atoms with Gasteiger partial charge in [-0.3, -0.25) is 4.79 Å². The third kappa shape index (κ3) is 3.72. The lowest BCUT2D eigenvalue weighted by Gasteiger charge is -2.32. The Labute approximate surface area is 121 Å². The summed E-state index contributed by atoms with van der Waals surface area (Å²) in [6.45, 7) is 0.500. The number of likely N-dealkylation sites (tertiary alicyclic amines) is 1. The summed E-state index contributed by atoms with van der Waals surface area (Å²) in [6, 6.07) is 5.20. The molecule has 1 atom stereocenters. The van der Waals surface area contributed by atoms with Crippen molar-refractivity contribution in [2.45, 2.75) is 30.2 Å². The van der Waals surface area contributed by atoms with Crippen LogP contribution >= 0.6 is 11.8 Å². The normalized spacial score (nSPS) is 18.9. The first-order valence-corrected chi connectivity index (χ1v) is 7.47. The van der Waals surface area contributed by atoms with Gasteiger partial charge in [0.1, 0.15) is 11.9 Å². The molecule has 0 spiro atoms. The largest absolute Gasteiger partial charge is 0.480 e. The van der Waals surface area contributed by atoms with E-state index in [0.717, 1.165) is 17.7 Å². The number of piperidine rings is 1. The van der Waals surface area contributed by atoms with E-state index in [-0.39, 0.29) is 17.5 Å². The van der Waals surface area contributed by atoms with Crippen LogP contribution in [0.4, 0.5) is 4.39 Å². The zero-order chi connectivity index (χ0) is 14.5. The maximum atomic E-state index is 12.8. The van der Waals surface area contributed by atoms with Crippen molar-refractivity contribution in [3.8, 4) is 0 Å². The van der Waals surface area contributed by atoms with E-state index in [1.807, 2.05) is 0 Å². The second-order valence-electron chi connectivity index (χ2n) is 4.68. The van der Waals surface area contributed by atoms with Gasteiger partial charge in [-0.05, 0) is 43.5 Å². The Morgan fingerprint density at radius 2 is 2.00 bits per heavy atom. The quantitative estimate of drug-likeness (QED) is 0.867. The van der Waals surface area contributed by atoms with E-state index in [0.29, 0.717) is 13.0 Å². The third-order valence-corrected chi connectivity index (χ3v) is 4.28. The predicted molar refractivity (Wildman–Crippen MR) is 74.1 cm³/mol. The molecule has 1 aliphatic rings. The minimum Gasteiger partial charge on any atom is -0.480 e. The van der Waals surface area contributed by atoms with Gasteiger partial charge in [0.15, 0.2) is 0 Å². The van der Waals surface area contributed by atoms with Gasteiger partial charge in [-0.1, -0.05) is 0 Å². The number of carbonyl (C=O) groups is 2. The first-order valence-electron chi connectivity index (χ1n) is 6.48. The molecule has 0 radical (unpaired) electrons. The van der Waals surface area contributed by atoms with Crippen molar-refractivity contribution >= 4 is 23.6 Å². The van der Waals surface area contributed by atoms with Crippen molar-refractivity contribution in [1.29, 1.82) is 0 Å². The Morgan fingerprint density at radius 3 is 2.65 bits per heavy atom. The Kier molecular flexibility index (Phi) is 5.00. The number of thioether (sulfide) groups is 1. The number of carbonyl (C=O) groups excluding carboxylic acids is 1. The van der Waals surface area contributed by atoms with Gasteiger partial charge in [-0.2, -0.15) is 0 Å². The topological polar surface area (TPSA) is 57.6 Å². The van der Waals surface area contributed by atoms with Gasteiger partial charge in [-0.25, -0.2) is 9.18 Å². The number of aliphatic carboxylic acids is 1. The summed E-state index contributed by atoms with van der Waals surface area (Å²) in [5.74, 6) is -1.26.